The van der Waals surface area contributed by atoms with E-state index >= 15 is 0 Å². The highest BCUT2D eigenvalue weighted by molar-refractivity contribution is 6.33. The Hall–Kier alpha value is -2.41. The predicted molar refractivity (Wildman–Crippen MR) is 99.4 cm³/mol. The highest BCUT2D eigenvalue weighted by atomic mass is 35.5. The molecule has 0 saturated heterocycles. The van der Waals surface area contributed by atoms with Gasteiger partial charge in [-0.05, 0) is 51.7 Å². The Bertz CT molecular complexity index is 1040. The van der Waals surface area contributed by atoms with Gasteiger partial charge in [0.05, 0.1) is 22.4 Å². The maximum atomic E-state index is 14.6. The van der Waals surface area contributed by atoms with Crippen LogP contribution in [0.2, 0.25) is 5.02 Å². The van der Waals surface area contributed by atoms with Crippen molar-refractivity contribution in [2.75, 3.05) is 0 Å². The fraction of sp³-hybridized carbons (Fsp3) is 0.421. The van der Waals surface area contributed by atoms with Crippen LogP contribution in [0.25, 0.3) is 5.69 Å². The average molecular weight is 395 g/mol. The zero-order chi connectivity index (χ0) is 19.9. The summed E-state index contributed by atoms with van der Waals surface area (Å²) in [6, 6.07) is 2.01. The molecule has 2 aromatic rings. The van der Waals surface area contributed by atoms with E-state index in [1.165, 1.54) is 4.57 Å². The van der Waals surface area contributed by atoms with Crippen LogP contribution in [0.1, 0.15) is 48.3 Å². The third-order valence-corrected chi connectivity index (χ3v) is 4.94. The molecule has 1 aliphatic rings. The van der Waals surface area contributed by atoms with E-state index in [9.17, 15) is 18.8 Å². The first-order chi connectivity index (χ1) is 12.7. The van der Waals surface area contributed by atoms with Crippen LogP contribution in [0.5, 0.6) is 0 Å². The summed E-state index contributed by atoms with van der Waals surface area (Å²) >= 11 is 5.98. The molecule has 6 nitrogen and oxygen atoms in total. The summed E-state index contributed by atoms with van der Waals surface area (Å²) in [5, 5.41) is -0.148. The minimum atomic E-state index is -0.865. The van der Waals surface area contributed by atoms with Gasteiger partial charge in [0.1, 0.15) is 5.82 Å². The lowest BCUT2D eigenvalue weighted by molar-refractivity contribution is 0.0378. The van der Waals surface area contributed by atoms with Gasteiger partial charge in [0.25, 0.3) is 5.56 Å². The lowest BCUT2D eigenvalue weighted by Crippen LogP contribution is -2.43. The van der Waals surface area contributed by atoms with Gasteiger partial charge in [0.15, 0.2) is 0 Å². The minimum absolute atomic E-state index is 0.103. The van der Waals surface area contributed by atoms with Gasteiger partial charge in [-0.2, -0.15) is 0 Å². The lowest BCUT2D eigenvalue weighted by Gasteiger charge is -2.20. The number of esters is 1. The molecule has 1 aromatic carbocycles. The van der Waals surface area contributed by atoms with Gasteiger partial charge in [-0.25, -0.2) is 18.5 Å². The second-order valence-corrected chi connectivity index (χ2v) is 7.26. The van der Waals surface area contributed by atoms with Crippen LogP contribution in [0.15, 0.2) is 21.7 Å². The van der Waals surface area contributed by atoms with Crippen LogP contribution >= 0.6 is 11.6 Å². The molecular weight excluding hydrogens is 375 g/mol. The highest BCUT2D eigenvalue weighted by Gasteiger charge is 2.24. The summed E-state index contributed by atoms with van der Waals surface area (Å²) in [5.74, 6) is -1.62. The Balaban J connectivity index is 2.26. The first kappa shape index (κ1) is 19.4. The van der Waals surface area contributed by atoms with E-state index in [1.54, 1.807) is 20.9 Å². The van der Waals surface area contributed by atoms with Gasteiger partial charge in [-0.15, -0.1) is 0 Å². The van der Waals surface area contributed by atoms with E-state index in [2.05, 4.69) is 0 Å². The molecule has 0 atom stereocenters. The minimum Gasteiger partial charge on any atom is -0.459 e. The fourth-order valence-corrected chi connectivity index (χ4v) is 3.56. The molecule has 0 unspecified atom stereocenters. The van der Waals surface area contributed by atoms with E-state index in [4.69, 9.17) is 16.3 Å². The zero-order valence-corrected chi connectivity index (χ0v) is 16.1. The number of carbonyl (C=O) groups excluding carboxylic acids is 1. The number of nitrogens with zero attached hydrogens (tertiary/aromatic N) is 2. The van der Waals surface area contributed by atoms with E-state index in [0.29, 0.717) is 24.1 Å². The van der Waals surface area contributed by atoms with Crippen molar-refractivity contribution < 1.29 is 13.9 Å². The summed E-state index contributed by atoms with van der Waals surface area (Å²) in [5.41, 5.74) is -0.449. The number of hydrogen-bond acceptors (Lipinski definition) is 4. The Morgan fingerprint density at radius 2 is 1.89 bits per heavy atom. The van der Waals surface area contributed by atoms with Crippen LogP contribution in [0, 0.1) is 5.82 Å². The summed E-state index contributed by atoms with van der Waals surface area (Å²) in [6.07, 6.45) is 2.48. The van der Waals surface area contributed by atoms with Crippen molar-refractivity contribution in [2.45, 2.75) is 45.6 Å². The van der Waals surface area contributed by atoms with Crippen LogP contribution < -0.4 is 11.2 Å². The Labute approximate surface area is 160 Å². The van der Waals surface area contributed by atoms with Crippen molar-refractivity contribution in [2.24, 2.45) is 7.05 Å². The largest absolute Gasteiger partial charge is 0.459 e. The van der Waals surface area contributed by atoms with E-state index in [1.807, 2.05) is 0 Å². The molecule has 3 rings (SSSR count). The van der Waals surface area contributed by atoms with Gasteiger partial charge < -0.3 is 9.30 Å². The number of halogens is 2. The number of ether oxygens (including phenoxy) is 1. The van der Waals surface area contributed by atoms with Crippen molar-refractivity contribution in [1.29, 1.82) is 0 Å². The predicted octanol–water partition coefficient (Wildman–Crippen LogP) is 2.77. The summed E-state index contributed by atoms with van der Waals surface area (Å²) in [6.45, 7) is 3.33. The Kier molecular flexibility index (Phi) is 5.24. The molecule has 0 spiro atoms. The molecule has 0 fully saturated rings. The second-order valence-electron chi connectivity index (χ2n) is 6.85. The Morgan fingerprint density at radius 1 is 1.22 bits per heavy atom. The molecule has 0 aliphatic heterocycles. The third kappa shape index (κ3) is 3.43. The van der Waals surface area contributed by atoms with Crippen molar-refractivity contribution in [3.63, 3.8) is 0 Å². The van der Waals surface area contributed by atoms with E-state index < -0.39 is 29.1 Å². The zero-order valence-electron chi connectivity index (χ0n) is 15.3. The standard InChI is InChI=1S/C19H20ClFN2O4/c1-10(2)27-18(25)12-8-16(14(21)9-13(12)20)23-17(24)11-6-4-5-7-15(11)22(3)19(23)26/h8-10H,4-7H2,1-3H3. The molecule has 1 heterocycles. The van der Waals surface area contributed by atoms with Gasteiger partial charge in [-0.3, -0.25) is 4.79 Å². The third-order valence-electron chi connectivity index (χ3n) is 4.62. The molecule has 1 aromatic heterocycles. The number of fused-ring (bicyclic) bond motifs is 1. The quantitative estimate of drug-likeness (QED) is 0.750. The van der Waals surface area contributed by atoms with Crippen molar-refractivity contribution in [3.8, 4) is 5.69 Å². The SMILES string of the molecule is CC(C)OC(=O)c1cc(-n2c(=O)c3c(n(C)c2=O)CCCC3)c(F)cc1Cl. The van der Waals surface area contributed by atoms with E-state index in [-0.39, 0.29) is 16.3 Å². The number of carbonyl (C=O) groups is 1. The lowest BCUT2D eigenvalue weighted by atomic mass is 9.97. The molecular formula is C19H20ClFN2O4. The fourth-order valence-electron chi connectivity index (χ4n) is 3.33. The summed E-state index contributed by atoms with van der Waals surface area (Å²) in [4.78, 5) is 37.9. The smallest absolute Gasteiger partial charge is 0.339 e. The van der Waals surface area contributed by atoms with E-state index in [0.717, 1.165) is 29.5 Å². The van der Waals surface area contributed by atoms with Gasteiger partial charge in [0, 0.05) is 18.3 Å². The van der Waals surface area contributed by atoms with Crippen LogP contribution in [-0.4, -0.2) is 21.2 Å². The normalized spacial score (nSPS) is 13.6. The van der Waals surface area contributed by atoms with Crippen LogP contribution in [0.4, 0.5) is 4.39 Å². The van der Waals surface area contributed by atoms with Crippen LogP contribution in [-0.2, 0) is 24.6 Å². The average Bonchev–Trinajstić information content (AvgIpc) is 2.61. The van der Waals surface area contributed by atoms with Crippen molar-refractivity contribution in [1.82, 2.24) is 9.13 Å². The molecule has 0 amide bonds. The Morgan fingerprint density at radius 3 is 2.56 bits per heavy atom. The monoisotopic (exact) mass is 394 g/mol. The topological polar surface area (TPSA) is 70.3 Å². The number of benzene rings is 1. The molecule has 27 heavy (non-hydrogen) atoms. The molecule has 144 valence electrons. The molecule has 0 N–H and O–H groups in total. The first-order valence-electron chi connectivity index (χ1n) is 8.76. The van der Waals surface area contributed by atoms with Crippen molar-refractivity contribution >= 4 is 17.6 Å². The molecule has 0 bridgehead atoms. The number of aromatic nitrogens is 2. The maximum Gasteiger partial charge on any atom is 0.339 e. The number of hydrogen-bond donors (Lipinski definition) is 0. The van der Waals surface area contributed by atoms with Crippen LogP contribution in [0.3, 0.4) is 0 Å². The van der Waals surface area contributed by atoms with Crippen molar-refractivity contribution in [3.05, 3.63) is 60.6 Å². The summed E-state index contributed by atoms with van der Waals surface area (Å²) < 4.78 is 21.9. The maximum absolute atomic E-state index is 14.6. The van der Waals surface area contributed by atoms with Gasteiger partial charge in [0.2, 0.25) is 0 Å². The van der Waals surface area contributed by atoms with Gasteiger partial charge >= 0.3 is 11.7 Å². The first-order valence-corrected chi connectivity index (χ1v) is 9.14. The summed E-state index contributed by atoms with van der Waals surface area (Å²) in [7, 11) is 1.56. The molecule has 0 radical (unpaired) electrons. The van der Waals surface area contributed by atoms with Gasteiger partial charge in [-0.1, -0.05) is 11.6 Å². The number of rotatable bonds is 3. The highest BCUT2D eigenvalue weighted by Crippen LogP contribution is 2.24. The molecule has 0 saturated carbocycles. The molecule has 1 aliphatic carbocycles. The molecule has 8 heteroatoms. The second kappa shape index (κ2) is 7.31.